The maximum atomic E-state index is 12.3. The summed E-state index contributed by atoms with van der Waals surface area (Å²) in [4.78, 5) is 13.9. The lowest BCUT2D eigenvalue weighted by Gasteiger charge is -2.18. The number of aliphatic hydroxyl groups is 1. The first-order chi connectivity index (χ1) is 9.10. The van der Waals surface area contributed by atoms with Gasteiger partial charge >= 0.3 is 0 Å². The number of carbonyl (C=O) groups excluding carboxylic acids is 1. The standard InChI is InChI=1S/C15H19NO3/c1-12-6-7-13(5-4-9-17)11-14(12)15(18)16(2)8-10-19-3/h6-7,11,17H,8-10H2,1-3H3. The topological polar surface area (TPSA) is 49.8 Å². The Kier molecular flexibility index (Phi) is 6.07. The molecule has 4 nitrogen and oxygen atoms in total. The summed E-state index contributed by atoms with van der Waals surface area (Å²) in [6.45, 7) is 2.75. The van der Waals surface area contributed by atoms with E-state index in [0.717, 1.165) is 11.1 Å². The summed E-state index contributed by atoms with van der Waals surface area (Å²) in [7, 11) is 3.35. The molecule has 0 saturated heterocycles. The summed E-state index contributed by atoms with van der Waals surface area (Å²) in [5.74, 6) is 5.32. The van der Waals surface area contributed by atoms with Gasteiger partial charge in [-0.15, -0.1) is 0 Å². The van der Waals surface area contributed by atoms with Crippen LogP contribution in [0.4, 0.5) is 0 Å². The van der Waals surface area contributed by atoms with Gasteiger partial charge in [-0.05, 0) is 24.6 Å². The van der Waals surface area contributed by atoms with Crippen molar-refractivity contribution in [3.63, 3.8) is 0 Å². The molecule has 0 fully saturated rings. The van der Waals surface area contributed by atoms with E-state index in [4.69, 9.17) is 9.84 Å². The minimum Gasteiger partial charge on any atom is -0.384 e. The largest absolute Gasteiger partial charge is 0.384 e. The monoisotopic (exact) mass is 261 g/mol. The van der Waals surface area contributed by atoms with Crippen molar-refractivity contribution in [3.05, 3.63) is 34.9 Å². The Morgan fingerprint density at radius 2 is 2.21 bits per heavy atom. The second-order valence-corrected chi connectivity index (χ2v) is 4.21. The summed E-state index contributed by atoms with van der Waals surface area (Å²) in [6.07, 6.45) is 0. The molecule has 102 valence electrons. The van der Waals surface area contributed by atoms with Gasteiger partial charge in [0, 0.05) is 31.8 Å². The van der Waals surface area contributed by atoms with Crippen LogP contribution >= 0.6 is 0 Å². The van der Waals surface area contributed by atoms with E-state index < -0.39 is 0 Å². The molecule has 0 aliphatic heterocycles. The number of benzene rings is 1. The van der Waals surface area contributed by atoms with Gasteiger partial charge in [-0.1, -0.05) is 17.9 Å². The van der Waals surface area contributed by atoms with E-state index >= 15 is 0 Å². The summed E-state index contributed by atoms with van der Waals surface area (Å²) < 4.78 is 4.96. The fourth-order valence-corrected chi connectivity index (χ4v) is 1.61. The van der Waals surface area contributed by atoms with Gasteiger partial charge in [0.05, 0.1) is 6.61 Å². The molecule has 0 aliphatic rings. The van der Waals surface area contributed by atoms with Gasteiger partial charge in [0.25, 0.3) is 5.91 Å². The van der Waals surface area contributed by atoms with E-state index in [9.17, 15) is 4.79 Å². The average Bonchev–Trinajstić information content (AvgIpc) is 2.43. The minimum atomic E-state index is -0.190. The average molecular weight is 261 g/mol. The first-order valence-corrected chi connectivity index (χ1v) is 6.05. The highest BCUT2D eigenvalue weighted by molar-refractivity contribution is 5.95. The quantitative estimate of drug-likeness (QED) is 0.824. The molecule has 4 heteroatoms. The second kappa shape index (κ2) is 7.57. The van der Waals surface area contributed by atoms with Crippen LogP contribution in [0, 0.1) is 18.8 Å². The Labute approximate surface area is 114 Å². The number of likely N-dealkylation sites (N-methyl/N-ethyl adjacent to an activating group) is 1. The van der Waals surface area contributed by atoms with Crippen molar-refractivity contribution in [1.82, 2.24) is 4.90 Å². The van der Waals surface area contributed by atoms with Gasteiger partial charge < -0.3 is 14.7 Å². The number of methoxy groups -OCH3 is 1. The van der Waals surface area contributed by atoms with Gasteiger partial charge in [-0.2, -0.15) is 0 Å². The number of aryl methyl sites for hydroxylation is 1. The van der Waals surface area contributed by atoms with Crippen molar-refractivity contribution in [2.75, 3.05) is 33.9 Å². The third kappa shape index (κ3) is 4.40. The molecule has 1 aromatic carbocycles. The fraction of sp³-hybridized carbons (Fsp3) is 0.400. The van der Waals surface area contributed by atoms with Crippen molar-refractivity contribution in [2.24, 2.45) is 0 Å². The van der Waals surface area contributed by atoms with E-state index in [1.807, 2.05) is 19.1 Å². The molecular weight excluding hydrogens is 242 g/mol. The molecule has 0 heterocycles. The Balaban J connectivity index is 2.95. The minimum absolute atomic E-state index is 0.0535. The highest BCUT2D eigenvalue weighted by Crippen LogP contribution is 2.13. The van der Waals surface area contributed by atoms with E-state index in [0.29, 0.717) is 18.7 Å². The Morgan fingerprint density at radius 1 is 1.47 bits per heavy atom. The summed E-state index contributed by atoms with van der Waals surface area (Å²) >= 11 is 0. The molecule has 0 bridgehead atoms. The normalized spacial score (nSPS) is 9.68. The smallest absolute Gasteiger partial charge is 0.253 e. The van der Waals surface area contributed by atoms with Gasteiger partial charge in [0.2, 0.25) is 0 Å². The Morgan fingerprint density at radius 3 is 2.84 bits per heavy atom. The molecule has 1 N–H and O–H groups in total. The van der Waals surface area contributed by atoms with Crippen molar-refractivity contribution >= 4 is 5.91 Å². The van der Waals surface area contributed by atoms with Crippen LogP contribution in [0.1, 0.15) is 21.5 Å². The zero-order valence-corrected chi connectivity index (χ0v) is 11.6. The zero-order valence-electron chi connectivity index (χ0n) is 11.6. The molecule has 1 amide bonds. The maximum absolute atomic E-state index is 12.3. The lowest BCUT2D eigenvalue weighted by molar-refractivity contribution is 0.0743. The predicted molar refractivity (Wildman–Crippen MR) is 74.0 cm³/mol. The van der Waals surface area contributed by atoms with Gasteiger partial charge in [-0.25, -0.2) is 0 Å². The molecule has 0 atom stereocenters. The first-order valence-electron chi connectivity index (χ1n) is 6.05. The summed E-state index contributed by atoms with van der Waals surface area (Å²) in [5, 5.41) is 8.68. The van der Waals surface area contributed by atoms with E-state index in [2.05, 4.69) is 11.8 Å². The molecule has 0 unspecified atom stereocenters. The number of hydrogen-bond acceptors (Lipinski definition) is 3. The third-order valence-electron chi connectivity index (χ3n) is 2.76. The van der Waals surface area contributed by atoms with Gasteiger partial charge in [0.1, 0.15) is 6.61 Å². The summed E-state index contributed by atoms with van der Waals surface area (Å²) in [5.41, 5.74) is 2.26. The zero-order chi connectivity index (χ0) is 14.3. The van der Waals surface area contributed by atoms with Gasteiger partial charge in [0.15, 0.2) is 0 Å². The molecular formula is C15H19NO3. The van der Waals surface area contributed by atoms with Crippen molar-refractivity contribution in [1.29, 1.82) is 0 Å². The van der Waals surface area contributed by atoms with Crippen LogP contribution < -0.4 is 0 Å². The summed E-state index contributed by atoms with van der Waals surface area (Å²) in [6, 6.07) is 5.45. The van der Waals surface area contributed by atoms with Gasteiger partial charge in [-0.3, -0.25) is 4.79 Å². The number of hydrogen-bond donors (Lipinski definition) is 1. The molecule has 0 aromatic heterocycles. The number of rotatable bonds is 4. The van der Waals surface area contributed by atoms with Crippen molar-refractivity contribution < 1.29 is 14.6 Å². The number of aliphatic hydroxyl groups excluding tert-OH is 1. The van der Waals surface area contributed by atoms with Crippen LogP contribution in [0.15, 0.2) is 18.2 Å². The van der Waals surface area contributed by atoms with Crippen molar-refractivity contribution in [3.8, 4) is 11.8 Å². The Hall–Kier alpha value is -1.83. The van der Waals surface area contributed by atoms with Crippen LogP contribution in [0.25, 0.3) is 0 Å². The molecule has 1 rings (SSSR count). The SMILES string of the molecule is COCCN(C)C(=O)c1cc(C#CCO)ccc1C. The lowest BCUT2D eigenvalue weighted by atomic mass is 10.0. The predicted octanol–water partition coefficient (Wildman–Crippen LogP) is 1.06. The molecule has 0 radical (unpaired) electrons. The van der Waals surface area contributed by atoms with Crippen molar-refractivity contribution in [2.45, 2.75) is 6.92 Å². The fourth-order valence-electron chi connectivity index (χ4n) is 1.61. The maximum Gasteiger partial charge on any atom is 0.253 e. The van der Waals surface area contributed by atoms with E-state index in [-0.39, 0.29) is 12.5 Å². The molecule has 0 saturated carbocycles. The van der Waals surface area contributed by atoms with Crippen LogP contribution in [0.5, 0.6) is 0 Å². The number of nitrogens with zero attached hydrogens (tertiary/aromatic N) is 1. The highest BCUT2D eigenvalue weighted by atomic mass is 16.5. The van der Waals surface area contributed by atoms with E-state index in [1.54, 1.807) is 25.1 Å². The second-order valence-electron chi connectivity index (χ2n) is 4.21. The molecule has 0 aliphatic carbocycles. The van der Waals surface area contributed by atoms with Crippen LogP contribution in [-0.4, -0.2) is 49.8 Å². The number of carbonyl (C=O) groups is 1. The van der Waals surface area contributed by atoms with E-state index in [1.165, 1.54) is 0 Å². The van der Waals surface area contributed by atoms with Crippen LogP contribution in [0.2, 0.25) is 0 Å². The number of ether oxygens (including phenoxy) is 1. The first kappa shape index (κ1) is 15.2. The Bertz CT molecular complexity index is 500. The molecule has 1 aromatic rings. The lowest BCUT2D eigenvalue weighted by Crippen LogP contribution is -2.30. The molecule has 19 heavy (non-hydrogen) atoms. The van der Waals surface area contributed by atoms with Crippen LogP contribution in [-0.2, 0) is 4.74 Å². The molecule has 0 spiro atoms. The highest BCUT2D eigenvalue weighted by Gasteiger charge is 2.14. The third-order valence-corrected chi connectivity index (χ3v) is 2.76. The number of amides is 1. The van der Waals surface area contributed by atoms with Crippen LogP contribution in [0.3, 0.4) is 0 Å².